The van der Waals surface area contributed by atoms with Gasteiger partial charge in [0.1, 0.15) is 11.6 Å². The van der Waals surface area contributed by atoms with Crippen LogP contribution in [0, 0.1) is 12.8 Å². The van der Waals surface area contributed by atoms with Gasteiger partial charge >= 0.3 is 6.09 Å². The van der Waals surface area contributed by atoms with Crippen molar-refractivity contribution in [3.8, 4) is 0 Å². The zero-order valence-electron chi connectivity index (χ0n) is 19.9. The number of amides is 3. The first-order valence-electron chi connectivity index (χ1n) is 11.7. The molecule has 1 aromatic rings. The van der Waals surface area contributed by atoms with Crippen LogP contribution in [0.5, 0.6) is 0 Å². The number of aryl methyl sites for hydroxylation is 1. The lowest BCUT2D eigenvalue weighted by Gasteiger charge is -2.40. The molecule has 176 valence electrons. The largest absolute Gasteiger partial charge is 0.444 e. The Hall–Kier alpha value is -2.57. The number of piperidine rings is 2. The quantitative estimate of drug-likeness (QED) is 0.754. The lowest BCUT2D eigenvalue weighted by Crippen LogP contribution is -2.55. The number of hydrogen-bond donors (Lipinski definition) is 1. The lowest BCUT2D eigenvalue weighted by atomic mass is 9.94. The Balaban J connectivity index is 1.60. The van der Waals surface area contributed by atoms with E-state index < -0.39 is 17.7 Å². The number of hydrogen-bond acceptors (Lipinski definition) is 4. The molecule has 0 saturated carbocycles. The van der Waals surface area contributed by atoms with E-state index in [0.29, 0.717) is 39.0 Å². The number of nitrogens with one attached hydrogen (secondary N) is 1. The van der Waals surface area contributed by atoms with Gasteiger partial charge in [0.05, 0.1) is 0 Å². The lowest BCUT2D eigenvalue weighted by molar-refractivity contribution is -0.150. The number of benzene rings is 1. The van der Waals surface area contributed by atoms with Crippen LogP contribution in [-0.2, 0) is 20.9 Å². The highest BCUT2D eigenvalue weighted by atomic mass is 16.6. The van der Waals surface area contributed by atoms with Crippen molar-refractivity contribution >= 4 is 17.9 Å². The van der Waals surface area contributed by atoms with Crippen LogP contribution < -0.4 is 5.32 Å². The zero-order valence-corrected chi connectivity index (χ0v) is 19.9. The van der Waals surface area contributed by atoms with Crippen LogP contribution in [0.25, 0.3) is 0 Å². The molecule has 2 saturated heterocycles. The first kappa shape index (κ1) is 24.1. The van der Waals surface area contributed by atoms with Crippen molar-refractivity contribution in [1.29, 1.82) is 0 Å². The molecule has 2 heterocycles. The Bertz CT molecular complexity index is 815. The Labute approximate surface area is 191 Å². The zero-order chi connectivity index (χ0) is 23.3. The summed E-state index contributed by atoms with van der Waals surface area (Å²) in [4.78, 5) is 41.8. The molecule has 0 bridgehead atoms. The van der Waals surface area contributed by atoms with Crippen molar-refractivity contribution in [2.24, 2.45) is 5.92 Å². The highest BCUT2D eigenvalue weighted by Gasteiger charge is 2.37. The van der Waals surface area contributed by atoms with Gasteiger partial charge in [-0.05, 0) is 64.9 Å². The van der Waals surface area contributed by atoms with Gasteiger partial charge in [0.25, 0.3) is 0 Å². The van der Waals surface area contributed by atoms with E-state index in [9.17, 15) is 14.4 Å². The van der Waals surface area contributed by atoms with E-state index in [2.05, 4.69) is 5.32 Å². The summed E-state index contributed by atoms with van der Waals surface area (Å²) in [5.41, 5.74) is 1.68. The molecule has 1 N–H and O–H groups in total. The van der Waals surface area contributed by atoms with Crippen molar-refractivity contribution in [2.45, 2.75) is 78.0 Å². The van der Waals surface area contributed by atoms with Crippen molar-refractivity contribution in [2.75, 3.05) is 19.6 Å². The van der Waals surface area contributed by atoms with Gasteiger partial charge in [-0.3, -0.25) is 9.59 Å². The summed E-state index contributed by atoms with van der Waals surface area (Å²) in [5.74, 6) is 0.271. The molecule has 0 radical (unpaired) electrons. The molecule has 0 unspecified atom stereocenters. The van der Waals surface area contributed by atoms with Crippen LogP contribution in [0.3, 0.4) is 0 Å². The molecule has 0 spiro atoms. The van der Waals surface area contributed by atoms with Crippen LogP contribution in [0.15, 0.2) is 24.3 Å². The highest BCUT2D eigenvalue weighted by Crippen LogP contribution is 2.25. The summed E-state index contributed by atoms with van der Waals surface area (Å²) in [6, 6.07) is 7.71. The molecular formula is C25H37N3O4. The average Bonchev–Trinajstić information content (AvgIpc) is 2.74. The molecule has 7 heteroatoms. The Morgan fingerprint density at radius 3 is 2.53 bits per heavy atom. The molecule has 32 heavy (non-hydrogen) atoms. The third-order valence-corrected chi connectivity index (χ3v) is 6.09. The van der Waals surface area contributed by atoms with Crippen LogP contribution in [0.2, 0.25) is 0 Å². The van der Waals surface area contributed by atoms with E-state index in [1.807, 2.05) is 56.9 Å². The van der Waals surface area contributed by atoms with Gasteiger partial charge in [-0.15, -0.1) is 0 Å². The number of ether oxygens (including phenoxy) is 1. The molecule has 3 rings (SSSR count). The molecule has 2 aliphatic rings. The smallest absolute Gasteiger partial charge is 0.407 e. The minimum atomic E-state index is -0.535. The Morgan fingerprint density at radius 1 is 1.12 bits per heavy atom. The SMILES string of the molecule is Cc1ccc(CN2C(=O)CCC[C@H]2C(=O)N2CCC[C@@H](CNC(=O)OC(C)(C)C)C2)cc1. The normalized spacial score (nSPS) is 21.9. The average molecular weight is 444 g/mol. The minimum absolute atomic E-state index is 0.0344. The maximum absolute atomic E-state index is 13.4. The summed E-state index contributed by atoms with van der Waals surface area (Å²) >= 11 is 0. The summed E-state index contributed by atoms with van der Waals surface area (Å²) in [5, 5.41) is 2.84. The van der Waals surface area contributed by atoms with E-state index in [0.717, 1.165) is 24.8 Å². The predicted octanol–water partition coefficient (Wildman–Crippen LogP) is 3.64. The van der Waals surface area contributed by atoms with Crippen LogP contribution in [-0.4, -0.2) is 59.0 Å². The van der Waals surface area contributed by atoms with Crippen molar-refractivity contribution < 1.29 is 19.1 Å². The molecule has 7 nitrogen and oxygen atoms in total. The third kappa shape index (κ3) is 6.71. The van der Waals surface area contributed by atoms with Crippen LogP contribution in [0.1, 0.15) is 64.0 Å². The molecule has 2 aliphatic heterocycles. The van der Waals surface area contributed by atoms with Crippen LogP contribution >= 0.6 is 0 Å². The summed E-state index contributed by atoms with van der Waals surface area (Å²) in [6.45, 7) is 9.78. The van der Waals surface area contributed by atoms with E-state index in [1.54, 1.807) is 4.90 Å². The fraction of sp³-hybridized carbons (Fsp3) is 0.640. The van der Waals surface area contributed by atoms with Crippen LogP contribution in [0.4, 0.5) is 4.79 Å². The van der Waals surface area contributed by atoms with Gasteiger partial charge in [0.15, 0.2) is 0 Å². The van der Waals surface area contributed by atoms with Gasteiger partial charge in [0.2, 0.25) is 11.8 Å². The predicted molar refractivity (Wildman–Crippen MR) is 123 cm³/mol. The standard InChI is InChI=1S/C25H37N3O4/c1-18-10-12-19(13-11-18)17-28-21(8-5-9-22(28)29)23(30)27-14-6-7-20(16-27)15-26-24(31)32-25(2,3)4/h10-13,20-21H,5-9,14-17H2,1-4H3,(H,26,31)/t20-,21-/m0/s1. The minimum Gasteiger partial charge on any atom is -0.444 e. The summed E-state index contributed by atoms with van der Waals surface area (Å²) in [7, 11) is 0. The Morgan fingerprint density at radius 2 is 1.84 bits per heavy atom. The Kier molecular flexibility index (Phi) is 7.80. The third-order valence-electron chi connectivity index (χ3n) is 6.09. The fourth-order valence-electron chi connectivity index (χ4n) is 4.45. The summed E-state index contributed by atoms with van der Waals surface area (Å²) in [6.07, 6.45) is 3.37. The summed E-state index contributed by atoms with van der Waals surface area (Å²) < 4.78 is 5.31. The van der Waals surface area contributed by atoms with E-state index in [4.69, 9.17) is 4.74 Å². The van der Waals surface area contributed by atoms with Crippen molar-refractivity contribution in [1.82, 2.24) is 15.1 Å². The second-order valence-corrected chi connectivity index (χ2v) is 10.1. The van der Waals surface area contributed by atoms with E-state index in [-0.39, 0.29) is 17.7 Å². The number of alkyl carbamates (subject to hydrolysis) is 1. The molecule has 2 fully saturated rings. The van der Waals surface area contributed by atoms with Crippen molar-refractivity contribution in [3.63, 3.8) is 0 Å². The second-order valence-electron chi connectivity index (χ2n) is 10.1. The second kappa shape index (κ2) is 10.4. The highest BCUT2D eigenvalue weighted by molar-refractivity contribution is 5.89. The number of nitrogens with zero attached hydrogens (tertiary/aromatic N) is 2. The van der Waals surface area contributed by atoms with E-state index >= 15 is 0 Å². The van der Waals surface area contributed by atoms with Gasteiger partial charge in [-0.2, -0.15) is 0 Å². The van der Waals surface area contributed by atoms with Gasteiger partial charge < -0.3 is 19.9 Å². The number of likely N-dealkylation sites (tertiary alicyclic amines) is 2. The first-order chi connectivity index (χ1) is 15.1. The van der Waals surface area contributed by atoms with Gasteiger partial charge in [0, 0.05) is 32.6 Å². The van der Waals surface area contributed by atoms with Gasteiger partial charge in [-0.1, -0.05) is 29.8 Å². The monoisotopic (exact) mass is 443 g/mol. The molecule has 3 amide bonds. The number of carbonyl (C=O) groups excluding carboxylic acids is 3. The van der Waals surface area contributed by atoms with E-state index in [1.165, 1.54) is 5.56 Å². The maximum Gasteiger partial charge on any atom is 0.407 e. The molecular weight excluding hydrogens is 406 g/mol. The topological polar surface area (TPSA) is 79.0 Å². The first-order valence-corrected chi connectivity index (χ1v) is 11.7. The molecule has 0 aliphatic carbocycles. The fourth-order valence-corrected chi connectivity index (χ4v) is 4.45. The number of rotatable bonds is 5. The molecule has 2 atom stereocenters. The molecule has 1 aromatic carbocycles. The maximum atomic E-state index is 13.4. The van der Waals surface area contributed by atoms with Gasteiger partial charge in [-0.25, -0.2) is 4.79 Å². The number of carbonyl (C=O) groups is 3. The molecule has 0 aromatic heterocycles. The van der Waals surface area contributed by atoms with Crippen molar-refractivity contribution in [3.05, 3.63) is 35.4 Å².